The van der Waals surface area contributed by atoms with E-state index in [0.717, 1.165) is 33.5 Å². The molecule has 1 heterocycles. The summed E-state index contributed by atoms with van der Waals surface area (Å²) in [6, 6.07) is 11.5. The van der Waals surface area contributed by atoms with Crippen LogP contribution >= 0.6 is 0 Å². The number of H-pyrrole nitrogens is 1. The van der Waals surface area contributed by atoms with Crippen molar-refractivity contribution in [1.82, 2.24) is 10.2 Å². The van der Waals surface area contributed by atoms with Crippen molar-refractivity contribution in [1.29, 1.82) is 0 Å². The largest absolute Gasteiger partial charge is 0.496 e. The number of methoxy groups -OCH3 is 1. The van der Waals surface area contributed by atoms with E-state index >= 15 is 0 Å². The molecule has 0 aliphatic rings. The van der Waals surface area contributed by atoms with Crippen LogP contribution < -0.4 is 10.3 Å². The first-order chi connectivity index (χ1) is 10.1. The standard InChI is InChI=1S/C17H16N2O2/c1-10-8-12(9-11(2)16(10)21-3)15-13-6-4-5-7-14(13)17(20)19-18-15/h4-9H,1-3H3,(H,19,20). The van der Waals surface area contributed by atoms with Gasteiger partial charge in [-0.1, -0.05) is 18.2 Å². The Hall–Kier alpha value is -2.62. The number of rotatable bonds is 2. The fourth-order valence-corrected chi connectivity index (χ4v) is 2.74. The summed E-state index contributed by atoms with van der Waals surface area (Å²) in [5.41, 5.74) is 3.67. The molecule has 2 aromatic carbocycles. The molecule has 1 aromatic heterocycles. The second-order valence-corrected chi connectivity index (χ2v) is 5.09. The molecule has 106 valence electrons. The van der Waals surface area contributed by atoms with Crippen LogP contribution in [0.1, 0.15) is 11.1 Å². The number of hydrogen-bond donors (Lipinski definition) is 1. The first-order valence-corrected chi connectivity index (χ1v) is 6.75. The van der Waals surface area contributed by atoms with Crippen LogP contribution in [-0.2, 0) is 0 Å². The number of fused-ring (bicyclic) bond motifs is 1. The minimum atomic E-state index is -0.170. The molecule has 0 aliphatic heterocycles. The molecule has 3 aromatic rings. The van der Waals surface area contributed by atoms with E-state index < -0.39 is 0 Å². The number of hydrogen-bond acceptors (Lipinski definition) is 3. The topological polar surface area (TPSA) is 55.0 Å². The summed E-state index contributed by atoms with van der Waals surface area (Å²) in [6.07, 6.45) is 0. The molecule has 1 N–H and O–H groups in total. The van der Waals surface area contributed by atoms with Gasteiger partial charge in [0.25, 0.3) is 5.56 Å². The lowest BCUT2D eigenvalue weighted by Crippen LogP contribution is -2.09. The molecule has 0 saturated heterocycles. The molecule has 0 radical (unpaired) electrons. The Bertz CT molecular complexity index is 858. The van der Waals surface area contributed by atoms with Crippen molar-refractivity contribution in [2.45, 2.75) is 13.8 Å². The summed E-state index contributed by atoms with van der Waals surface area (Å²) in [5.74, 6) is 0.882. The van der Waals surface area contributed by atoms with E-state index in [4.69, 9.17) is 4.74 Å². The zero-order chi connectivity index (χ0) is 15.0. The fraction of sp³-hybridized carbons (Fsp3) is 0.176. The number of aryl methyl sites for hydroxylation is 2. The average Bonchev–Trinajstić information content (AvgIpc) is 2.47. The maximum atomic E-state index is 11.9. The zero-order valence-electron chi connectivity index (χ0n) is 12.2. The number of nitrogens with one attached hydrogen (secondary N) is 1. The second-order valence-electron chi connectivity index (χ2n) is 5.09. The van der Waals surface area contributed by atoms with Gasteiger partial charge in [-0.05, 0) is 43.2 Å². The average molecular weight is 280 g/mol. The summed E-state index contributed by atoms with van der Waals surface area (Å²) >= 11 is 0. The number of benzene rings is 2. The quantitative estimate of drug-likeness (QED) is 0.784. The summed E-state index contributed by atoms with van der Waals surface area (Å²) in [7, 11) is 1.67. The normalized spacial score (nSPS) is 10.8. The molecule has 0 bridgehead atoms. The lowest BCUT2D eigenvalue weighted by atomic mass is 10.00. The van der Waals surface area contributed by atoms with Gasteiger partial charge in [-0.3, -0.25) is 4.79 Å². The monoisotopic (exact) mass is 280 g/mol. The van der Waals surface area contributed by atoms with Gasteiger partial charge < -0.3 is 4.74 Å². The van der Waals surface area contributed by atoms with Gasteiger partial charge in [-0.15, -0.1) is 0 Å². The highest BCUT2D eigenvalue weighted by atomic mass is 16.5. The van der Waals surface area contributed by atoms with E-state index in [9.17, 15) is 4.79 Å². The van der Waals surface area contributed by atoms with Gasteiger partial charge in [0.15, 0.2) is 0 Å². The van der Waals surface area contributed by atoms with Gasteiger partial charge in [0.1, 0.15) is 5.75 Å². The molecule has 3 rings (SSSR count). The Balaban J connectivity index is 2.31. The molecule has 4 nitrogen and oxygen atoms in total. The molecule has 0 amide bonds. The third-order valence-electron chi connectivity index (χ3n) is 3.63. The molecule has 0 atom stereocenters. The Kier molecular flexibility index (Phi) is 3.22. The second kappa shape index (κ2) is 5.05. The summed E-state index contributed by atoms with van der Waals surface area (Å²) < 4.78 is 5.39. The smallest absolute Gasteiger partial charge is 0.272 e. The summed E-state index contributed by atoms with van der Waals surface area (Å²) in [6.45, 7) is 4.01. The van der Waals surface area contributed by atoms with Crippen molar-refractivity contribution in [3.8, 4) is 17.0 Å². The Labute approximate surface area is 122 Å². The Morgan fingerprint density at radius 1 is 1.05 bits per heavy atom. The molecule has 0 unspecified atom stereocenters. The molecule has 21 heavy (non-hydrogen) atoms. The van der Waals surface area contributed by atoms with Crippen LogP contribution in [0.4, 0.5) is 0 Å². The summed E-state index contributed by atoms with van der Waals surface area (Å²) in [4.78, 5) is 11.9. The van der Waals surface area contributed by atoms with Crippen LogP contribution in [0.25, 0.3) is 22.0 Å². The highest BCUT2D eigenvalue weighted by molar-refractivity contribution is 5.93. The van der Waals surface area contributed by atoms with Gasteiger partial charge in [-0.2, -0.15) is 5.10 Å². The number of aromatic amines is 1. The lowest BCUT2D eigenvalue weighted by molar-refractivity contribution is 0.408. The van der Waals surface area contributed by atoms with Gasteiger partial charge in [0, 0.05) is 10.9 Å². The Morgan fingerprint density at radius 2 is 1.67 bits per heavy atom. The molecule has 0 saturated carbocycles. The van der Waals surface area contributed by atoms with E-state index in [1.807, 2.05) is 50.2 Å². The number of aromatic nitrogens is 2. The van der Waals surface area contributed by atoms with Crippen LogP contribution in [0, 0.1) is 13.8 Å². The van der Waals surface area contributed by atoms with E-state index in [-0.39, 0.29) is 5.56 Å². The highest BCUT2D eigenvalue weighted by Gasteiger charge is 2.11. The van der Waals surface area contributed by atoms with E-state index in [2.05, 4.69) is 10.2 Å². The van der Waals surface area contributed by atoms with Gasteiger partial charge in [0.05, 0.1) is 18.2 Å². The van der Waals surface area contributed by atoms with Crippen LogP contribution in [-0.4, -0.2) is 17.3 Å². The minimum absolute atomic E-state index is 0.170. The van der Waals surface area contributed by atoms with Crippen LogP contribution in [0.2, 0.25) is 0 Å². The molecule has 0 aliphatic carbocycles. The zero-order valence-corrected chi connectivity index (χ0v) is 12.2. The third-order valence-corrected chi connectivity index (χ3v) is 3.63. The maximum Gasteiger partial charge on any atom is 0.272 e. The van der Waals surface area contributed by atoms with Crippen molar-refractivity contribution >= 4 is 10.8 Å². The van der Waals surface area contributed by atoms with Crippen molar-refractivity contribution in [2.24, 2.45) is 0 Å². The number of ether oxygens (including phenoxy) is 1. The first-order valence-electron chi connectivity index (χ1n) is 6.75. The summed E-state index contributed by atoms with van der Waals surface area (Å²) in [5, 5.41) is 8.31. The predicted molar refractivity (Wildman–Crippen MR) is 83.8 cm³/mol. The fourth-order valence-electron chi connectivity index (χ4n) is 2.74. The van der Waals surface area contributed by atoms with Gasteiger partial charge >= 0.3 is 0 Å². The van der Waals surface area contributed by atoms with E-state index in [1.54, 1.807) is 7.11 Å². The minimum Gasteiger partial charge on any atom is -0.496 e. The van der Waals surface area contributed by atoms with Crippen molar-refractivity contribution in [2.75, 3.05) is 7.11 Å². The molecular weight excluding hydrogens is 264 g/mol. The van der Waals surface area contributed by atoms with Crippen LogP contribution in [0.15, 0.2) is 41.2 Å². The third kappa shape index (κ3) is 2.18. The predicted octanol–water partition coefficient (Wildman–Crippen LogP) is 3.22. The lowest BCUT2D eigenvalue weighted by Gasteiger charge is -2.12. The highest BCUT2D eigenvalue weighted by Crippen LogP contribution is 2.31. The van der Waals surface area contributed by atoms with E-state index in [1.165, 1.54) is 0 Å². The van der Waals surface area contributed by atoms with Crippen LogP contribution in [0.3, 0.4) is 0 Å². The van der Waals surface area contributed by atoms with Crippen LogP contribution in [0.5, 0.6) is 5.75 Å². The molecule has 0 fully saturated rings. The van der Waals surface area contributed by atoms with Crippen molar-refractivity contribution < 1.29 is 4.74 Å². The molecule has 4 heteroatoms. The Morgan fingerprint density at radius 3 is 2.29 bits per heavy atom. The van der Waals surface area contributed by atoms with Gasteiger partial charge in [0.2, 0.25) is 0 Å². The number of nitrogens with zero attached hydrogens (tertiary/aromatic N) is 1. The maximum absolute atomic E-state index is 11.9. The molecular formula is C17H16N2O2. The molecule has 0 spiro atoms. The van der Waals surface area contributed by atoms with Gasteiger partial charge in [-0.25, -0.2) is 5.10 Å². The van der Waals surface area contributed by atoms with E-state index in [0.29, 0.717) is 5.39 Å². The van der Waals surface area contributed by atoms with Crippen molar-refractivity contribution in [3.05, 3.63) is 57.9 Å². The first kappa shape index (κ1) is 13.4. The SMILES string of the molecule is COc1c(C)cc(-c2n[nH]c(=O)c3ccccc23)cc1C. The van der Waals surface area contributed by atoms with Crippen molar-refractivity contribution in [3.63, 3.8) is 0 Å².